The summed E-state index contributed by atoms with van der Waals surface area (Å²) in [4.78, 5) is 0. The summed E-state index contributed by atoms with van der Waals surface area (Å²) in [5.74, 6) is 0.168. The topological polar surface area (TPSA) is 46.2 Å². The van der Waals surface area contributed by atoms with Crippen LogP contribution in [-0.4, -0.2) is 26.5 Å². The highest BCUT2D eigenvalue weighted by Gasteiger charge is 2.15. The largest absolute Gasteiger partial charge is 0.307 e. The smallest absolute Gasteiger partial charge is 0.148 e. The van der Waals surface area contributed by atoms with Crippen molar-refractivity contribution in [2.45, 2.75) is 46.7 Å². The molecule has 2 unspecified atom stereocenters. The Hall–Kier alpha value is -0.870. The Labute approximate surface area is 117 Å². The summed E-state index contributed by atoms with van der Waals surface area (Å²) in [5, 5.41) is 3.36. The molecule has 19 heavy (non-hydrogen) atoms. The van der Waals surface area contributed by atoms with Gasteiger partial charge in [-0.15, -0.1) is 0 Å². The van der Waals surface area contributed by atoms with Gasteiger partial charge in [-0.05, 0) is 56.9 Å². The van der Waals surface area contributed by atoms with Crippen molar-refractivity contribution in [2.75, 3.05) is 12.0 Å². The summed E-state index contributed by atoms with van der Waals surface area (Å²) >= 11 is 0. The predicted molar refractivity (Wildman–Crippen MR) is 81.4 cm³/mol. The van der Waals surface area contributed by atoms with Crippen LogP contribution < -0.4 is 5.32 Å². The summed E-state index contributed by atoms with van der Waals surface area (Å²) in [7, 11) is -2.94. The molecule has 3 nitrogen and oxygen atoms in total. The first-order valence-corrected chi connectivity index (χ1v) is 8.67. The summed E-state index contributed by atoms with van der Waals surface area (Å²) in [5.41, 5.74) is 5.04. The maximum atomic E-state index is 11.3. The Bertz CT molecular complexity index is 550. The zero-order valence-electron chi connectivity index (χ0n) is 12.7. The maximum Gasteiger partial charge on any atom is 0.148 e. The number of sulfone groups is 1. The highest BCUT2D eigenvalue weighted by atomic mass is 32.2. The van der Waals surface area contributed by atoms with Gasteiger partial charge in [0, 0.05) is 18.3 Å². The zero-order chi connectivity index (χ0) is 14.8. The van der Waals surface area contributed by atoms with Crippen LogP contribution in [0.4, 0.5) is 0 Å². The van der Waals surface area contributed by atoms with Crippen molar-refractivity contribution >= 4 is 9.84 Å². The van der Waals surface area contributed by atoms with E-state index in [1.807, 2.05) is 6.92 Å². The van der Waals surface area contributed by atoms with Crippen LogP contribution in [0.3, 0.4) is 0 Å². The van der Waals surface area contributed by atoms with Gasteiger partial charge in [-0.3, -0.25) is 0 Å². The van der Waals surface area contributed by atoms with Crippen molar-refractivity contribution in [3.05, 3.63) is 34.4 Å². The molecule has 0 aliphatic heterocycles. The molecule has 1 aromatic carbocycles. The number of rotatable bonds is 5. The Morgan fingerprint density at radius 2 is 1.58 bits per heavy atom. The lowest BCUT2D eigenvalue weighted by Crippen LogP contribution is -2.34. The van der Waals surface area contributed by atoms with Crippen LogP contribution in [0.5, 0.6) is 0 Å². The van der Waals surface area contributed by atoms with E-state index in [0.717, 1.165) is 0 Å². The average Bonchev–Trinajstić information content (AvgIpc) is 2.20. The molecule has 0 bridgehead atoms. The first-order valence-electron chi connectivity index (χ1n) is 6.61. The summed E-state index contributed by atoms with van der Waals surface area (Å²) < 4.78 is 22.6. The van der Waals surface area contributed by atoms with Crippen LogP contribution in [0.1, 0.15) is 42.1 Å². The van der Waals surface area contributed by atoms with Gasteiger partial charge in [0.2, 0.25) is 0 Å². The molecule has 2 atom stereocenters. The SMILES string of the molecule is Cc1cc(C)c(C(C)NC(C)CS(C)(=O)=O)cc1C. The fraction of sp³-hybridized carbons (Fsp3) is 0.600. The minimum absolute atomic E-state index is 0.0500. The lowest BCUT2D eigenvalue weighted by atomic mass is 9.96. The van der Waals surface area contributed by atoms with Gasteiger partial charge in [0.25, 0.3) is 0 Å². The molecular weight excluding hydrogens is 258 g/mol. The molecule has 1 N–H and O–H groups in total. The molecule has 0 aromatic heterocycles. The number of aryl methyl sites for hydroxylation is 3. The van der Waals surface area contributed by atoms with Gasteiger partial charge in [0.05, 0.1) is 5.75 Å². The minimum atomic E-state index is -2.94. The Kier molecular flexibility index (Phi) is 5.16. The molecule has 0 radical (unpaired) electrons. The second-order valence-corrected chi connectivity index (χ2v) is 7.86. The first-order chi connectivity index (χ1) is 8.60. The van der Waals surface area contributed by atoms with Crippen LogP contribution in [0.15, 0.2) is 12.1 Å². The standard InChI is InChI=1S/C15H25NO2S/c1-10-7-12(3)15(8-11(10)2)14(5)16-13(4)9-19(6,17)18/h7-8,13-14,16H,9H2,1-6H3. The van der Waals surface area contributed by atoms with Gasteiger partial charge in [0.1, 0.15) is 9.84 Å². The van der Waals surface area contributed by atoms with Gasteiger partial charge in [-0.25, -0.2) is 8.42 Å². The highest BCUT2D eigenvalue weighted by Crippen LogP contribution is 2.22. The van der Waals surface area contributed by atoms with E-state index in [4.69, 9.17) is 0 Å². The lowest BCUT2D eigenvalue weighted by Gasteiger charge is -2.22. The van der Waals surface area contributed by atoms with E-state index in [0.29, 0.717) is 0 Å². The van der Waals surface area contributed by atoms with Crippen molar-refractivity contribution in [1.82, 2.24) is 5.32 Å². The van der Waals surface area contributed by atoms with Gasteiger partial charge in [-0.1, -0.05) is 12.1 Å². The van der Waals surface area contributed by atoms with Gasteiger partial charge >= 0.3 is 0 Å². The predicted octanol–water partition coefficient (Wildman–Crippen LogP) is 2.70. The van der Waals surface area contributed by atoms with E-state index in [1.165, 1.54) is 28.5 Å². The molecule has 0 saturated heterocycles. The second kappa shape index (κ2) is 6.06. The van der Waals surface area contributed by atoms with Crippen molar-refractivity contribution in [3.63, 3.8) is 0 Å². The Morgan fingerprint density at radius 1 is 1.05 bits per heavy atom. The second-order valence-electron chi connectivity index (χ2n) is 5.67. The summed E-state index contributed by atoms with van der Waals surface area (Å²) in [6.07, 6.45) is 1.27. The third kappa shape index (κ3) is 4.96. The molecule has 1 rings (SSSR count). The number of benzene rings is 1. The molecule has 4 heteroatoms. The normalized spacial score (nSPS) is 15.3. The molecule has 1 aromatic rings. The van der Waals surface area contributed by atoms with Crippen molar-refractivity contribution in [1.29, 1.82) is 0 Å². The van der Waals surface area contributed by atoms with Crippen LogP contribution in [0, 0.1) is 20.8 Å². The van der Waals surface area contributed by atoms with Crippen LogP contribution in [-0.2, 0) is 9.84 Å². The number of nitrogens with one attached hydrogen (secondary N) is 1. The maximum absolute atomic E-state index is 11.3. The van der Waals surface area contributed by atoms with Crippen LogP contribution >= 0.6 is 0 Å². The fourth-order valence-corrected chi connectivity index (χ4v) is 3.47. The zero-order valence-corrected chi connectivity index (χ0v) is 13.6. The molecular formula is C15H25NO2S. The van der Waals surface area contributed by atoms with E-state index >= 15 is 0 Å². The first kappa shape index (κ1) is 16.2. The molecule has 0 saturated carbocycles. The molecule has 0 aliphatic rings. The van der Waals surface area contributed by atoms with E-state index in [1.54, 1.807) is 0 Å². The molecule has 0 heterocycles. The highest BCUT2D eigenvalue weighted by molar-refractivity contribution is 7.90. The van der Waals surface area contributed by atoms with Gasteiger partial charge in [-0.2, -0.15) is 0 Å². The minimum Gasteiger partial charge on any atom is -0.307 e. The van der Waals surface area contributed by atoms with Crippen molar-refractivity contribution < 1.29 is 8.42 Å². The summed E-state index contributed by atoms with van der Waals surface area (Å²) in [6, 6.07) is 4.47. The van der Waals surface area contributed by atoms with Crippen molar-refractivity contribution in [3.8, 4) is 0 Å². The van der Waals surface area contributed by atoms with Crippen molar-refractivity contribution in [2.24, 2.45) is 0 Å². The molecule has 108 valence electrons. The third-order valence-corrected chi connectivity index (χ3v) is 4.54. The fourth-order valence-electron chi connectivity index (χ4n) is 2.47. The average molecular weight is 283 g/mol. The monoisotopic (exact) mass is 283 g/mol. The van der Waals surface area contributed by atoms with Crippen LogP contribution in [0.25, 0.3) is 0 Å². The molecule has 0 fully saturated rings. The summed E-state index contributed by atoms with van der Waals surface area (Å²) in [6.45, 7) is 10.3. The van der Waals surface area contributed by atoms with E-state index < -0.39 is 9.84 Å². The Morgan fingerprint density at radius 3 is 2.11 bits per heavy atom. The van der Waals surface area contributed by atoms with Crippen LogP contribution in [0.2, 0.25) is 0 Å². The molecule has 0 amide bonds. The number of hydrogen-bond donors (Lipinski definition) is 1. The van der Waals surface area contributed by atoms with E-state index in [9.17, 15) is 8.42 Å². The van der Waals surface area contributed by atoms with E-state index in [-0.39, 0.29) is 17.8 Å². The Balaban J connectivity index is 2.84. The quantitative estimate of drug-likeness (QED) is 0.903. The van der Waals surface area contributed by atoms with E-state index in [2.05, 4.69) is 45.1 Å². The van der Waals surface area contributed by atoms with Gasteiger partial charge < -0.3 is 5.32 Å². The third-order valence-electron chi connectivity index (χ3n) is 3.44. The number of hydrogen-bond acceptors (Lipinski definition) is 3. The van der Waals surface area contributed by atoms with Gasteiger partial charge in [0.15, 0.2) is 0 Å². The molecule has 0 aliphatic carbocycles. The molecule has 0 spiro atoms. The lowest BCUT2D eigenvalue weighted by molar-refractivity contribution is 0.499.